The molecule has 2 aromatic rings. The molecule has 0 unspecified atom stereocenters. The largest absolute Gasteiger partial charge is 0.294 e. The van der Waals surface area contributed by atoms with Gasteiger partial charge in [-0.1, -0.05) is 0 Å². The molecule has 0 atom stereocenters. The van der Waals surface area contributed by atoms with Gasteiger partial charge >= 0.3 is 0 Å². The van der Waals surface area contributed by atoms with Gasteiger partial charge in [0.2, 0.25) is 0 Å². The van der Waals surface area contributed by atoms with Crippen LogP contribution in [0.25, 0.3) is 5.69 Å². The van der Waals surface area contributed by atoms with Gasteiger partial charge in [-0.15, -0.1) is 0 Å². The number of carbonyl (C=O) groups excluding carboxylic acids is 1. The Bertz CT molecular complexity index is 528. The third-order valence-corrected chi connectivity index (χ3v) is 2.37. The minimum atomic E-state index is -0.292. The molecule has 2 rings (SSSR count). The van der Waals surface area contributed by atoms with Crippen molar-refractivity contribution in [3.05, 3.63) is 47.5 Å². The molecule has 0 aliphatic carbocycles. The van der Waals surface area contributed by atoms with E-state index < -0.39 is 0 Å². The summed E-state index contributed by atoms with van der Waals surface area (Å²) in [7, 11) is 0. The molecule has 0 fully saturated rings. The van der Waals surface area contributed by atoms with Crippen LogP contribution >= 0.6 is 0 Å². The Labute approximate surface area is 92.5 Å². The highest BCUT2D eigenvalue weighted by atomic mass is 19.1. The van der Waals surface area contributed by atoms with Crippen LogP contribution in [0, 0.1) is 12.7 Å². The van der Waals surface area contributed by atoms with Gasteiger partial charge < -0.3 is 0 Å². The van der Waals surface area contributed by atoms with Gasteiger partial charge in [-0.2, -0.15) is 5.10 Å². The molecular weight excluding hydrogens is 207 g/mol. The zero-order valence-electron chi connectivity index (χ0n) is 9.07. The number of halogens is 1. The lowest BCUT2D eigenvalue weighted by Gasteiger charge is -1.99. The van der Waals surface area contributed by atoms with E-state index in [1.54, 1.807) is 29.9 Å². The molecule has 0 N–H and O–H groups in total. The van der Waals surface area contributed by atoms with Gasteiger partial charge in [0.05, 0.1) is 16.9 Å². The SMILES string of the molecule is CC(=O)c1cn(-c2ccc(F)cc2)nc1C. The standard InChI is InChI=1S/C12H11FN2O/c1-8-12(9(2)16)7-15(14-8)11-5-3-10(13)4-6-11/h3-7H,1-2H3. The molecule has 16 heavy (non-hydrogen) atoms. The second-order valence-electron chi connectivity index (χ2n) is 3.61. The molecule has 0 saturated heterocycles. The Morgan fingerprint density at radius 1 is 1.31 bits per heavy atom. The Morgan fingerprint density at radius 2 is 1.94 bits per heavy atom. The van der Waals surface area contributed by atoms with Crippen LogP contribution in [0.5, 0.6) is 0 Å². The van der Waals surface area contributed by atoms with Crippen molar-refractivity contribution < 1.29 is 9.18 Å². The molecule has 3 nitrogen and oxygen atoms in total. The fourth-order valence-electron chi connectivity index (χ4n) is 1.53. The molecule has 1 aromatic carbocycles. The normalized spacial score (nSPS) is 10.4. The average Bonchev–Trinajstić information content (AvgIpc) is 2.61. The molecule has 0 saturated carbocycles. The zero-order valence-corrected chi connectivity index (χ0v) is 9.07. The van der Waals surface area contributed by atoms with Crippen LogP contribution in [0.2, 0.25) is 0 Å². The maximum atomic E-state index is 12.7. The summed E-state index contributed by atoms with van der Waals surface area (Å²) >= 11 is 0. The number of aryl methyl sites for hydroxylation is 1. The van der Waals surface area contributed by atoms with Crippen LogP contribution in [-0.4, -0.2) is 15.6 Å². The summed E-state index contributed by atoms with van der Waals surface area (Å²) < 4.78 is 14.3. The first kappa shape index (κ1) is 10.5. The first-order valence-corrected chi connectivity index (χ1v) is 4.91. The van der Waals surface area contributed by atoms with Gasteiger partial charge in [-0.05, 0) is 38.1 Å². The van der Waals surface area contributed by atoms with E-state index in [0.29, 0.717) is 11.3 Å². The van der Waals surface area contributed by atoms with Gasteiger partial charge in [0.25, 0.3) is 0 Å². The lowest BCUT2D eigenvalue weighted by molar-refractivity contribution is 0.101. The average molecular weight is 218 g/mol. The summed E-state index contributed by atoms with van der Waals surface area (Å²) in [5.41, 5.74) is 2.00. The number of aromatic nitrogens is 2. The van der Waals surface area contributed by atoms with Crippen molar-refractivity contribution in [2.45, 2.75) is 13.8 Å². The van der Waals surface area contributed by atoms with Crippen molar-refractivity contribution in [1.29, 1.82) is 0 Å². The van der Waals surface area contributed by atoms with Crippen LogP contribution in [0.1, 0.15) is 23.0 Å². The van der Waals surface area contributed by atoms with E-state index in [2.05, 4.69) is 5.10 Å². The summed E-state index contributed by atoms with van der Waals surface area (Å²) in [4.78, 5) is 11.3. The fraction of sp³-hybridized carbons (Fsp3) is 0.167. The van der Waals surface area contributed by atoms with Crippen molar-refractivity contribution >= 4 is 5.78 Å². The first-order chi connectivity index (χ1) is 7.58. The summed E-state index contributed by atoms with van der Waals surface area (Å²) in [5, 5.41) is 4.21. The van der Waals surface area contributed by atoms with Crippen molar-refractivity contribution in [3.8, 4) is 5.69 Å². The topological polar surface area (TPSA) is 34.9 Å². The summed E-state index contributed by atoms with van der Waals surface area (Å²) in [6.07, 6.45) is 1.66. The van der Waals surface area contributed by atoms with Crippen molar-refractivity contribution in [1.82, 2.24) is 9.78 Å². The van der Waals surface area contributed by atoms with E-state index in [0.717, 1.165) is 5.69 Å². The minimum absolute atomic E-state index is 0.0224. The van der Waals surface area contributed by atoms with Crippen molar-refractivity contribution in [2.24, 2.45) is 0 Å². The predicted octanol–water partition coefficient (Wildman–Crippen LogP) is 2.52. The molecule has 1 heterocycles. The highest BCUT2D eigenvalue weighted by Gasteiger charge is 2.09. The summed E-state index contributed by atoms with van der Waals surface area (Å²) in [6, 6.07) is 5.96. The van der Waals surface area contributed by atoms with Crippen LogP contribution in [-0.2, 0) is 0 Å². The number of carbonyl (C=O) groups is 1. The maximum absolute atomic E-state index is 12.7. The second kappa shape index (κ2) is 3.89. The zero-order chi connectivity index (χ0) is 11.7. The third kappa shape index (κ3) is 1.86. The van der Waals surface area contributed by atoms with Gasteiger partial charge in [0, 0.05) is 6.20 Å². The molecule has 0 bridgehead atoms. The highest BCUT2D eigenvalue weighted by Crippen LogP contribution is 2.12. The fourth-order valence-corrected chi connectivity index (χ4v) is 1.53. The quantitative estimate of drug-likeness (QED) is 0.726. The molecule has 0 aliphatic heterocycles. The number of hydrogen-bond acceptors (Lipinski definition) is 2. The van der Waals surface area contributed by atoms with E-state index in [9.17, 15) is 9.18 Å². The van der Waals surface area contributed by atoms with Gasteiger partial charge in [-0.25, -0.2) is 9.07 Å². The Balaban J connectivity index is 2.45. The molecule has 0 aliphatic rings. The summed E-state index contributed by atoms with van der Waals surface area (Å²) in [6.45, 7) is 3.27. The number of ketones is 1. The minimum Gasteiger partial charge on any atom is -0.294 e. The monoisotopic (exact) mass is 218 g/mol. The second-order valence-corrected chi connectivity index (χ2v) is 3.61. The number of rotatable bonds is 2. The molecule has 82 valence electrons. The Hall–Kier alpha value is -1.97. The number of benzene rings is 1. The number of Topliss-reactive ketones (excluding diaryl/α,β-unsaturated/α-hetero) is 1. The van der Waals surface area contributed by atoms with Gasteiger partial charge in [-0.3, -0.25) is 4.79 Å². The summed E-state index contributed by atoms with van der Waals surface area (Å²) in [5.74, 6) is -0.315. The highest BCUT2D eigenvalue weighted by molar-refractivity contribution is 5.94. The van der Waals surface area contributed by atoms with E-state index in [-0.39, 0.29) is 11.6 Å². The van der Waals surface area contributed by atoms with Crippen LogP contribution in [0.3, 0.4) is 0 Å². The van der Waals surface area contributed by atoms with Crippen LogP contribution in [0.15, 0.2) is 30.5 Å². The Kier molecular flexibility index (Phi) is 2.56. The van der Waals surface area contributed by atoms with Crippen molar-refractivity contribution in [3.63, 3.8) is 0 Å². The van der Waals surface area contributed by atoms with Gasteiger partial charge in [0.15, 0.2) is 5.78 Å². The molecule has 0 radical (unpaired) electrons. The number of nitrogens with zero attached hydrogens (tertiary/aromatic N) is 2. The van der Waals surface area contributed by atoms with Crippen molar-refractivity contribution in [2.75, 3.05) is 0 Å². The smallest absolute Gasteiger partial charge is 0.163 e. The molecule has 1 aromatic heterocycles. The lowest BCUT2D eigenvalue weighted by Crippen LogP contribution is -1.94. The Morgan fingerprint density at radius 3 is 2.44 bits per heavy atom. The van der Waals surface area contributed by atoms with E-state index in [1.165, 1.54) is 19.1 Å². The van der Waals surface area contributed by atoms with E-state index >= 15 is 0 Å². The molecule has 4 heteroatoms. The van der Waals surface area contributed by atoms with Crippen LogP contribution < -0.4 is 0 Å². The first-order valence-electron chi connectivity index (χ1n) is 4.91. The number of hydrogen-bond donors (Lipinski definition) is 0. The lowest BCUT2D eigenvalue weighted by atomic mass is 10.2. The van der Waals surface area contributed by atoms with Crippen LogP contribution in [0.4, 0.5) is 4.39 Å². The van der Waals surface area contributed by atoms with Gasteiger partial charge in [0.1, 0.15) is 5.82 Å². The maximum Gasteiger partial charge on any atom is 0.163 e. The van der Waals surface area contributed by atoms with E-state index in [1.807, 2.05) is 0 Å². The predicted molar refractivity (Wildman–Crippen MR) is 58.3 cm³/mol. The molecular formula is C12H11FN2O. The third-order valence-electron chi connectivity index (χ3n) is 2.37. The molecule has 0 spiro atoms. The molecule has 0 amide bonds. The van der Waals surface area contributed by atoms with E-state index in [4.69, 9.17) is 0 Å².